The van der Waals surface area contributed by atoms with Crippen LogP contribution in [0.15, 0.2) is 15.3 Å². The van der Waals surface area contributed by atoms with E-state index in [0.717, 1.165) is 4.57 Å². The fourth-order valence-corrected chi connectivity index (χ4v) is 3.51. The average Bonchev–Trinajstić information content (AvgIpc) is 3.10. The van der Waals surface area contributed by atoms with Gasteiger partial charge in [0.2, 0.25) is 17.0 Å². The first-order valence-corrected chi connectivity index (χ1v) is 9.18. The van der Waals surface area contributed by atoms with E-state index in [2.05, 4.69) is 15.1 Å². The number of alkyl halides is 3. The molecule has 1 N–H and O–H groups in total. The van der Waals surface area contributed by atoms with Gasteiger partial charge in [0.1, 0.15) is 11.6 Å². The van der Waals surface area contributed by atoms with Crippen LogP contribution >= 0.6 is 0 Å². The molecule has 1 saturated heterocycles. The molecule has 2 aliphatic heterocycles. The maximum absolute atomic E-state index is 13.0. The molecule has 0 amide bonds. The minimum absolute atomic E-state index is 0.0512. The van der Waals surface area contributed by atoms with E-state index in [9.17, 15) is 23.1 Å². The predicted molar refractivity (Wildman–Crippen MR) is 91.9 cm³/mol. The Morgan fingerprint density at radius 2 is 1.83 bits per heavy atom. The second-order valence-corrected chi connectivity index (χ2v) is 7.04. The molecule has 4 rings (SSSR count). The zero-order chi connectivity index (χ0) is 20.6. The van der Waals surface area contributed by atoms with Gasteiger partial charge < -0.3 is 18.8 Å². The van der Waals surface area contributed by atoms with Crippen LogP contribution in [0.1, 0.15) is 23.2 Å². The van der Waals surface area contributed by atoms with Gasteiger partial charge in [-0.05, 0) is 0 Å². The van der Waals surface area contributed by atoms with E-state index in [1.165, 1.54) is 6.07 Å². The molecule has 0 saturated carbocycles. The molecule has 2 aliphatic rings. The van der Waals surface area contributed by atoms with Gasteiger partial charge in [0.15, 0.2) is 5.76 Å². The Balaban J connectivity index is 1.49. The van der Waals surface area contributed by atoms with Gasteiger partial charge in [-0.25, -0.2) is 0 Å². The molecule has 0 atom stereocenters. The molecule has 2 aromatic heterocycles. The number of hydrogen-bond donors (Lipinski definition) is 1. The second kappa shape index (κ2) is 7.76. The number of aromatic nitrogens is 3. The topological polar surface area (TPSA) is 96.9 Å². The van der Waals surface area contributed by atoms with Crippen LogP contribution in [0.3, 0.4) is 0 Å². The number of nitrogens with zero attached hydrogens (tertiary/aromatic N) is 5. The van der Waals surface area contributed by atoms with Gasteiger partial charge in [0.05, 0.1) is 32.8 Å². The van der Waals surface area contributed by atoms with Crippen molar-refractivity contribution in [3.8, 4) is 5.75 Å². The van der Waals surface area contributed by atoms with Crippen molar-refractivity contribution < 1.29 is 27.4 Å². The summed E-state index contributed by atoms with van der Waals surface area (Å²) < 4.78 is 50.9. The van der Waals surface area contributed by atoms with E-state index in [-0.39, 0.29) is 37.8 Å². The summed E-state index contributed by atoms with van der Waals surface area (Å²) in [6.45, 7) is 3.53. The van der Waals surface area contributed by atoms with Gasteiger partial charge in [-0.2, -0.15) is 13.2 Å². The van der Waals surface area contributed by atoms with E-state index < -0.39 is 23.2 Å². The van der Waals surface area contributed by atoms with Crippen LogP contribution in [0.25, 0.3) is 0 Å². The van der Waals surface area contributed by atoms with Crippen molar-refractivity contribution in [3.63, 3.8) is 0 Å². The lowest BCUT2D eigenvalue weighted by Gasteiger charge is -2.28. The maximum atomic E-state index is 13.0. The van der Waals surface area contributed by atoms with Crippen molar-refractivity contribution >= 4 is 0 Å². The quantitative estimate of drug-likeness (QED) is 0.784. The van der Waals surface area contributed by atoms with E-state index in [0.29, 0.717) is 38.6 Å². The van der Waals surface area contributed by atoms with Gasteiger partial charge in [0, 0.05) is 32.2 Å². The molecule has 1 fully saturated rings. The molecule has 12 heteroatoms. The Bertz CT molecular complexity index is 936. The third kappa shape index (κ3) is 4.28. The summed E-state index contributed by atoms with van der Waals surface area (Å²) >= 11 is 0. The zero-order valence-electron chi connectivity index (χ0n) is 15.5. The third-order valence-corrected chi connectivity index (χ3v) is 4.98. The summed E-state index contributed by atoms with van der Waals surface area (Å²) in [7, 11) is 0. The molecule has 0 spiro atoms. The molecule has 0 aliphatic carbocycles. The summed E-state index contributed by atoms with van der Waals surface area (Å²) in [5.41, 5.74) is -0.547. The molecular formula is C17H20F3N5O4. The van der Waals surface area contributed by atoms with Crippen LogP contribution < -0.4 is 5.43 Å². The number of ether oxygens (including phenoxy) is 1. The lowest BCUT2D eigenvalue weighted by Crippen LogP contribution is -2.36. The van der Waals surface area contributed by atoms with Gasteiger partial charge in [-0.15, -0.1) is 10.2 Å². The molecular weight excluding hydrogens is 395 g/mol. The van der Waals surface area contributed by atoms with Crippen LogP contribution in [0.2, 0.25) is 0 Å². The number of halogens is 3. The Labute approximate surface area is 163 Å². The standard InChI is InChI=1S/C17H20F3N5O4/c18-17(19,20)16-22-21-14-10-24(1-2-25(14)16)9-13-15(27)12(26)7-11(29-13)8-23-3-5-28-6-4-23/h7,27H,1-6,8-10H2. The van der Waals surface area contributed by atoms with Crippen molar-refractivity contribution in [2.45, 2.75) is 32.4 Å². The van der Waals surface area contributed by atoms with Crippen LogP contribution in [0.5, 0.6) is 5.75 Å². The molecule has 0 aromatic carbocycles. The van der Waals surface area contributed by atoms with Gasteiger partial charge >= 0.3 is 6.18 Å². The molecule has 29 heavy (non-hydrogen) atoms. The minimum atomic E-state index is -4.56. The monoisotopic (exact) mass is 415 g/mol. The lowest BCUT2D eigenvalue weighted by atomic mass is 10.2. The molecule has 0 bridgehead atoms. The van der Waals surface area contributed by atoms with Crippen molar-refractivity contribution in [2.75, 3.05) is 32.8 Å². The molecule has 0 unspecified atom stereocenters. The molecule has 0 radical (unpaired) electrons. The van der Waals surface area contributed by atoms with Crippen molar-refractivity contribution in [1.29, 1.82) is 0 Å². The third-order valence-electron chi connectivity index (χ3n) is 4.98. The Morgan fingerprint density at radius 3 is 2.55 bits per heavy atom. The Kier molecular flexibility index (Phi) is 5.32. The first-order valence-electron chi connectivity index (χ1n) is 9.18. The van der Waals surface area contributed by atoms with Crippen LogP contribution in [-0.4, -0.2) is 62.5 Å². The van der Waals surface area contributed by atoms with Gasteiger partial charge in [-0.3, -0.25) is 14.6 Å². The largest absolute Gasteiger partial charge is 0.502 e. The van der Waals surface area contributed by atoms with Crippen LogP contribution in [0.4, 0.5) is 13.2 Å². The highest BCUT2D eigenvalue weighted by atomic mass is 19.4. The number of hydrogen-bond acceptors (Lipinski definition) is 8. The zero-order valence-corrected chi connectivity index (χ0v) is 15.5. The molecule has 158 valence electrons. The summed E-state index contributed by atoms with van der Waals surface area (Å²) in [5.74, 6) is -0.823. The van der Waals surface area contributed by atoms with E-state index in [1.807, 2.05) is 0 Å². The Morgan fingerprint density at radius 1 is 1.07 bits per heavy atom. The number of fused-ring (bicyclic) bond motifs is 1. The normalized spacial score (nSPS) is 18.7. The highest BCUT2D eigenvalue weighted by molar-refractivity contribution is 5.25. The summed E-state index contributed by atoms with van der Waals surface area (Å²) in [5, 5.41) is 17.0. The molecule has 4 heterocycles. The van der Waals surface area contributed by atoms with Crippen LogP contribution in [0, 0.1) is 0 Å². The minimum Gasteiger partial charge on any atom is -0.502 e. The number of morpholine rings is 1. The SMILES string of the molecule is O=c1cc(CN2CCOCC2)oc(CN2CCn3c(nnc3C(F)(F)F)C2)c1O. The first-order chi connectivity index (χ1) is 13.8. The molecule has 9 nitrogen and oxygen atoms in total. The Hall–Kier alpha value is -2.44. The van der Waals surface area contributed by atoms with Crippen molar-refractivity contribution in [2.24, 2.45) is 0 Å². The van der Waals surface area contributed by atoms with Gasteiger partial charge in [-0.1, -0.05) is 0 Å². The van der Waals surface area contributed by atoms with Crippen LogP contribution in [-0.2, 0) is 37.1 Å². The van der Waals surface area contributed by atoms with E-state index in [4.69, 9.17) is 9.15 Å². The number of aromatic hydroxyl groups is 1. The summed E-state index contributed by atoms with van der Waals surface area (Å²) in [6.07, 6.45) is -4.56. The fraction of sp³-hybridized carbons (Fsp3) is 0.588. The smallest absolute Gasteiger partial charge is 0.451 e. The summed E-state index contributed by atoms with van der Waals surface area (Å²) in [6, 6.07) is 1.26. The van der Waals surface area contributed by atoms with Crippen molar-refractivity contribution in [3.05, 3.63) is 39.5 Å². The average molecular weight is 415 g/mol. The first kappa shape index (κ1) is 19.9. The highest BCUT2D eigenvalue weighted by Gasteiger charge is 2.39. The predicted octanol–water partition coefficient (Wildman–Crippen LogP) is 0.804. The number of rotatable bonds is 4. The molecule has 2 aromatic rings. The maximum Gasteiger partial charge on any atom is 0.451 e. The van der Waals surface area contributed by atoms with Gasteiger partial charge in [0.25, 0.3) is 0 Å². The summed E-state index contributed by atoms with van der Waals surface area (Å²) in [4.78, 5) is 16.0. The van der Waals surface area contributed by atoms with E-state index >= 15 is 0 Å². The van der Waals surface area contributed by atoms with E-state index in [1.54, 1.807) is 4.90 Å². The van der Waals surface area contributed by atoms with Crippen molar-refractivity contribution in [1.82, 2.24) is 24.6 Å². The second-order valence-electron chi connectivity index (χ2n) is 7.04. The highest BCUT2D eigenvalue weighted by Crippen LogP contribution is 2.30. The fourth-order valence-electron chi connectivity index (χ4n) is 3.51. The lowest BCUT2D eigenvalue weighted by molar-refractivity contribution is -0.148.